The van der Waals surface area contributed by atoms with Crippen LogP contribution in [-0.2, 0) is 4.74 Å². The molecule has 1 atom stereocenters. The summed E-state index contributed by atoms with van der Waals surface area (Å²) in [4.78, 5) is 11.3. The number of ketones is 1. The predicted molar refractivity (Wildman–Crippen MR) is 60.9 cm³/mol. The lowest BCUT2D eigenvalue weighted by atomic mass is 10.1. The Morgan fingerprint density at radius 2 is 2.41 bits per heavy atom. The van der Waals surface area contributed by atoms with Gasteiger partial charge in [0.25, 0.3) is 0 Å². The molecule has 0 spiro atoms. The van der Waals surface area contributed by atoms with Crippen molar-refractivity contribution in [2.75, 3.05) is 13.2 Å². The number of benzene rings is 1. The van der Waals surface area contributed by atoms with Gasteiger partial charge in [0.15, 0.2) is 5.78 Å². The molecule has 2 rings (SSSR count). The van der Waals surface area contributed by atoms with E-state index in [4.69, 9.17) is 9.47 Å². The summed E-state index contributed by atoms with van der Waals surface area (Å²) in [6.07, 6.45) is 2.09. The molecule has 1 aromatic carbocycles. The number of rotatable bonds is 4. The topological polar surface area (TPSA) is 35.5 Å². The summed E-state index contributed by atoms with van der Waals surface area (Å²) in [5.74, 6) is -0.207. The first-order chi connectivity index (χ1) is 8.16. The van der Waals surface area contributed by atoms with E-state index in [9.17, 15) is 9.18 Å². The minimum atomic E-state index is -0.431. The average Bonchev–Trinajstić information content (AvgIpc) is 2.80. The summed E-state index contributed by atoms with van der Waals surface area (Å²) in [5.41, 5.74) is 0.281. The normalized spacial score (nSPS) is 19.3. The van der Waals surface area contributed by atoms with Gasteiger partial charge in [-0.1, -0.05) is 0 Å². The zero-order valence-corrected chi connectivity index (χ0v) is 9.74. The SMILES string of the molecule is CC(=O)c1cc(F)ccc1OCC1CCCO1. The van der Waals surface area contributed by atoms with Gasteiger partial charge in [-0.25, -0.2) is 4.39 Å². The van der Waals surface area contributed by atoms with Gasteiger partial charge in [0.2, 0.25) is 0 Å². The Hall–Kier alpha value is -1.42. The number of hydrogen-bond acceptors (Lipinski definition) is 3. The van der Waals surface area contributed by atoms with Crippen molar-refractivity contribution < 1.29 is 18.7 Å². The monoisotopic (exact) mass is 238 g/mol. The second-order valence-corrected chi connectivity index (χ2v) is 4.14. The van der Waals surface area contributed by atoms with E-state index in [0.29, 0.717) is 12.4 Å². The zero-order valence-electron chi connectivity index (χ0n) is 9.74. The largest absolute Gasteiger partial charge is 0.490 e. The first-order valence-corrected chi connectivity index (χ1v) is 5.71. The third-order valence-electron chi connectivity index (χ3n) is 2.77. The number of carbonyl (C=O) groups is 1. The molecular formula is C13H15FO3. The molecule has 0 aromatic heterocycles. The highest BCUT2D eigenvalue weighted by Crippen LogP contribution is 2.22. The maximum atomic E-state index is 13.0. The van der Waals surface area contributed by atoms with Gasteiger partial charge in [-0.05, 0) is 38.0 Å². The lowest BCUT2D eigenvalue weighted by Gasteiger charge is -2.13. The van der Waals surface area contributed by atoms with Crippen LogP contribution in [0.2, 0.25) is 0 Å². The fourth-order valence-electron chi connectivity index (χ4n) is 1.86. The summed E-state index contributed by atoms with van der Waals surface area (Å²) in [6.45, 7) is 2.57. The van der Waals surface area contributed by atoms with Gasteiger partial charge in [0.1, 0.15) is 18.2 Å². The van der Waals surface area contributed by atoms with Crippen LogP contribution in [0.15, 0.2) is 18.2 Å². The Morgan fingerprint density at radius 1 is 1.59 bits per heavy atom. The Morgan fingerprint density at radius 3 is 3.06 bits per heavy atom. The lowest BCUT2D eigenvalue weighted by molar-refractivity contribution is 0.0672. The zero-order chi connectivity index (χ0) is 12.3. The first-order valence-electron chi connectivity index (χ1n) is 5.71. The Balaban J connectivity index is 2.06. The third kappa shape index (κ3) is 3.03. The molecule has 3 nitrogen and oxygen atoms in total. The maximum Gasteiger partial charge on any atom is 0.163 e. The van der Waals surface area contributed by atoms with Crippen LogP contribution in [0.25, 0.3) is 0 Å². The smallest absolute Gasteiger partial charge is 0.163 e. The van der Waals surface area contributed by atoms with Crippen molar-refractivity contribution in [2.24, 2.45) is 0 Å². The van der Waals surface area contributed by atoms with E-state index in [-0.39, 0.29) is 17.5 Å². The second kappa shape index (κ2) is 5.27. The van der Waals surface area contributed by atoms with Gasteiger partial charge in [-0.3, -0.25) is 4.79 Å². The molecule has 0 radical (unpaired) electrons. The molecule has 0 N–H and O–H groups in total. The molecule has 1 heterocycles. The minimum absolute atomic E-state index is 0.0832. The molecule has 92 valence electrons. The number of hydrogen-bond donors (Lipinski definition) is 0. The van der Waals surface area contributed by atoms with Crippen LogP contribution in [0.4, 0.5) is 4.39 Å². The molecule has 4 heteroatoms. The highest BCUT2D eigenvalue weighted by Gasteiger charge is 2.17. The van der Waals surface area contributed by atoms with Crippen LogP contribution in [0, 0.1) is 5.82 Å². The Kier molecular flexibility index (Phi) is 3.74. The standard InChI is InChI=1S/C13H15FO3/c1-9(15)12-7-10(14)4-5-13(12)17-8-11-3-2-6-16-11/h4-5,7,11H,2-3,6,8H2,1H3. The number of carbonyl (C=O) groups excluding carboxylic acids is 1. The molecule has 0 bridgehead atoms. The minimum Gasteiger partial charge on any atom is -0.490 e. The van der Waals surface area contributed by atoms with Crippen molar-refractivity contribution in [3.63, 3.8) is 0 Å². The maximum absolute atomic E-state index is 13.0. The molecule has 1 aromatic rings. The number of ether oxygens (including phenoxy) is 2. The number of Topliss-reactive ketones (excluding diaryl/α,β-unsaturated/α-hetero) is 1. The van der Waals surface area contributed by atoms with E-state index in [0.717, 1.165) is 19.4 Å². The van der Waals surface area contributed by atoms with Gasteiger partial charge in [-0.15, -0.1) is 0 Å². The van der Waals surface area contributed by atoms with Gasteiger partial charge >= 0.3 is 0 Å². The fourth-order valence-corrected chi connectivity index (χ4v) is 1.86. The van der Waals surface area contributed by atoms with Crippen LogP contribution < -0.4 is 4.74 Å². The first kappa shape index (κ1) is 12.0. The van der Waals surface area contributed by atoms with Gasteiger partial charge in [0, 0.05) is 6.61 Å². The molecule has 0 amide bonds. The van der Waals surface area contributed by atoms with Crippen molar-refractivity contribution >= 4 is 5.78 Å². The molecule has 1 saturated heterocycles. The van der Waals surface area contributed by atoms with Crippen molar-refractivity contribution in [3.05, 3.63) is 29.6 Å². The van der Waals surface area contributed by atoms with Gasteiger partial charge in [-0.2, -0.15) is 0 Å². The summed E-state index contributed by atoms with van der Waals surface area (Å²) >= 11 is 0. The highest BCUT2D eigenvalue weighted by atomic mass is 19.1. The van der Waals surface area contributed by atoms with Crippen LogP contribution in [0.3, 0.4) is 0 Å². The Labute approximate surface area is 99.5 Å². The van der Waals surface area contributed by atoms with Gasteiger partial charge in [0.05, 0.1) is 11.7 Å². The van der Waals surface area contributed by atoms with E-state index in [1.807, 2.05) is 0 Å². The molecule has 17 heavy (non-hydrogen) atoms. The summed E-state index contributed by atoms with van der Waals surface area (Å²) in [6, 6.07) is 3.98. The van der Waals surface area contributed by atoms with E-state index in [2.05, 4.69) is 0 Å². The average molecular weight is 238 g/mol. The van der Waals surface area contributed by atoms with Crippen molar-refractivity contribution in [1.29, 1.82) is 0 Å². The predicted octanol–water partition coefficient (Wildman–Crippen LogP) is 2.59. The van der Waals surface area contributed by atoms with E-state index in [1.165, 1.54) is 25.1 Å². The summed E-state index contributed by atoms with van der Waals surface area (Å²) in [7, 11) is 0. The molecule has 1 fully saturated rings. The van der Waals surface area contributed by atoms with Crippen molar-refractivity contribution in [3.8, 4) is 5.75 Å². The Bertz CT molecular complexity index is 411. The molecule has 1 aliphatic rings. The fraction of sp³-hybridized carbons (Fsp3) is 0.462. The quantitative estimate of drug-likeness (QED) is 0.756. The summed E-state index contributed by atoms with van der Waals surface area (Å²) in [5, 5.41) is 0. The highest BCUT2D eigenvalue weighted by molar-refractivity contribution is 5.96. The summed E-state index contributed by atoms with van der Waals surface area (Å²) < 4.78 is 24.0. The molecule has 1 unspecified atom stereocenters. The van der Waals surface area contributed by atoms with E-state index >= 15 is 0 Å². The third-order valence-corrected chi connectivity index (χ3v) is 2.77. The lowest BCUT2D eigenvalue weighted by Crippen LogP contribution is -2.17. The van der Waals surface area contributed by atoms with Crippen LogP contribution in [0.5, 0.6) is 5.75 Å². The molecule has 1 aliphatic heterocycles. The van der Waals surface area contributed by atoms with Crippen molar-refractivity contribution in [2.45, 2.75) is 25.9 Å². The van der Waals surface area contributed by atoms with Crippen LogP contribution >= 0.6 is 0 Å². The van der Waals surface area contributed by atoms with Crippen molar-refractivity contribution in [1.82, 2.24) is 0 Å². The van der Waals surface area contributed by atoms with E-state index in [1.54, 1.807) is 0 Å². The van der Waals surface area contributed by atoms with Gasteiger partial charge < -0.3 is 9.47 Å². The molecular weight excluding hydrogens is 223 g/mol. The molecule has 0 aliphatic carbocycles. The van der Waals surface area contributed by atoms with Crippen LogP contribution in [-0.4, -0.2) is 25.1 Å². The van der Waals surface area contributed by atoms with Crippen LogP contribution in [0.1, 0.15) is 30.1 Å². The number of halogens is 1. The molecule has 0 saturated carbocycles. The second-order valence-electron chi connectivity index (χ2n) is 4.14. The van der Waals surface area contributed by atoms with E-state index < -0.39 is 5.82 Å².